The minimum absolute atomic E-state index is 0.0425. The van der Waals surface area contributed by atoms with E-state index in [4.69, 9.17) is 5.73 Å². The number of amides is 1. The Bertz CT molecular complexity index is 649. The molecule has 0 aliphatic heterocycles. The van der Waals surface area contributed by atoms with Gasteiger partial charge in [-0.25, -0.2) is 0 Å². The van der Waals surface area contributed by atoms with Crippen LogP contribution in [-0.4, -0.2) is 12.5 Å². The molecule has 3 N–H and O–H groups in total. The molecule has 3 nitrogen and oxygen atoms in total. The van der Waals surface area contributed by atoms with Crippen molar-refractivity contribution in [1.82, 2.24) is 5.32 Å². The summed E-state index contributed by atoms with van der Waals surface area (Å²) in [6, 6.07) is 5.93. The minimum atomic E-state index is -0.0425. The van der Waals surface area contributed by atoms with Gasteiger partial charge in [-0.2, -0.15) is 0 Å². The number of nitrogen functional groups attached to an aromatic ring is 1. The zero-order chi connectivity index (χ0) is 14.1. The first kappa shape index (κ1) is 13.9. The van der Waals surface area contributed by atoms with E-state index in [1.807, 2.05) is 18.2 Å². The third kappa shape index (κ3) is 2.69. The van der Waals surface area contributed by atoms with Gasteiger partial charge in [0.25, 0.3) is 5.91 Å². The van der Waals surface area contributed by atoms with Crippen molar-refractivity contribution in [3.05, 3.63) is 27.5 Å². The maximum atomic E-state index is 12.2. The molecule has 0 bridgehead atoms. The molecule has 3 rings (SSSR count). The smallest absolute Gasteiger partial charge is 0.263 e. The minimum Gasteiger partial charge on any atom is -0.397 e. The van der Waals surface area contributed by atoms with Crippen molar-refractivity contribution in [2.75, 3.05) is 12.3 Å². The summed E-state index contributed by atoms with van der Waals surface area (Å²) in [5.41, 5.74) is 6.70. The SMILES string of the molecule is Nc1c(C(=O)NCCC2CCC2)sc2ccc(Br)cc12. The maximum absolute atomic E-state index is 12.2. The van der Waals surface area contributed by atoms with Crippen molar-refractivity contribution in [1.29, 1.82) is 0 Å². The number of anilines is 1. The van der Waals surface area contributed by atoms with Crippen molar-refractivity contribution in [3.8, 4) is 0 Å². The lowest BCUT2D eigenvalue weighted by Crippen LogP contribution is -2.27. The molecular weight excluding hydrogens is 336 g/mol. The third-order valence-electron chi connectivity index (χ3n) is 3.96. The molecule has 1 saturated carbocycles. The van der Waals surface area contributed by atoms with E-state index in [0.29, 0.717) is 10.6 Å². The van der Waals surface area contributed by atoms with Crippen LogP contribution in [0.4, 0.5) is 5.69 Å². The van der Waals surface area contributed by atoms with Crippen LogP contribution in [0.15, 0.2) is 22.7 Å². The number of carbonyl (C=O) groups is 1. The number of thiophene rings is 1. The predicted octanol–water partition coefficient (Wildman–Crippen LogP) is 4.17. The van der Waals surface area contributed by atoms with Crippen LogP contribution < -0.4 is 11.1 Å². The van der Waals surface area contributed by atoms with E-state index in [1.54, 1.807) is 0 Å². The molecule has 0 spiro atoms. The second-order valence-corrected chi connectivity index (χ2v) is 7.29. The van der Waals surface area contributed by atoms with E-state index in [9.17, 15) is 4.79 Å². The highest BCUT2D eigenvalue weighted by Gasteiger charge is 2.19. The van der Waals surface area contributed by atoms with E-state index in [2.05, 4.69) is 21.2 Å². The van der Waals surface area contributed by atoms with Crippen molar-refractivity contribution < 1.29 is 4.79 Å². The van der Waals surface area contributed by atoms with Gasteiger partial charge in [-0.3, -0.25) is 4.79 Å². The summed E-state index contributed by atoms with van der Waals surface area (Å²) in [6.45, 7) is 0.751. The molecule has 1 amide bonds. The molecule has 0 atom stereocenters. The van der Waals surface area contributed by atoms with Gasteiger partial charge >= 0.3 is 0 Å². The Morgan fingerprint density at radius 2 is 2.25 bits per heavy atom. The van der Waals surface area contributed by atoms with Crippen molar-refractivity contribution in [3.63, 3.8) is 0 Å². The molecule has 1 aliphatic carbocycles. The van der Waals surface area contributed by atoms with Crippen LogP contribution in [-0.2, 0) is 0 Å². The predicted molar refractivity (Wildman–Crippen MR) is 88.2 cm³/mol. The van der Waals surface area contributed by atoms with E-state index < -0.39 is 0 Å². The van der Waals surface area contributed by atoms with E-state index >= 15 is 0 Å². The molecule has 1 aromatic carbocycles. The zero-order valence-corrected chi connectivity index (χ0v) is 13.5. The fourth-order valence-electron chi connectivity index (χ4n) is 2.51. The Labute approximate surface area is 130 Å². The topological polar surface area (TPSA) is 55.1 Å². The molecule has 1 fully saturated rings. The largest absolute Gasteiger partial charge is 0.397 e. The van der Waals surface area contributed by atoms with Crippen LogP contribution in [0, 0.1) is 5.92 Å². The van der Waals surface area contributed by atoms with Gasteiger partial charge in [-0.1, -0.05) is 35.2 Å². The average Bonchev–Trinajstić information content (AvgIpc) is 2.70. The molecule has 1 aromatic heterocycles. The number of carbonyl (C=O) groups excluding carboxylic acids is 1. The van der Waals surface area contributed by atoms with Crippen molar-refractivity contribution >= 4 is 48.9 Å². The lowest BCUT2D eigenvalue weighted by atomic mass is 9.83. The number of rotatable bonds is 4. The summed E-state index contributed by atoms with van der Waals surface area (Å²) in [5.74, 6) is 0.769. The Morgan fingerprint density at radius 1 is 1.45 bits per heavy atom. The van der Waals surface area contributed by atoms with Crippen LogP contribution in [0.1, 0.15) is 35.4 Å². The van der Waals surface area contributed by atoms with Crippen LogP contribution in [0.2, 0.25) is 0 Å². The highest BCUT2D eigenvalue weighted by molar-refractivity contribution is 9.10. The summed E-state index contributed by atoms with van der Waals surface area (Å²) < 4.78 is 2.03. The molecule has 0 radical (unpaired) electrons. The van der Waals surface area contributed by atoms with Gasteiger partial charge in [0.2, 0.25) is 0 Å². The van der Waals surface area contributed by atoms with Crippen LogP contribution in [0.5, 0.6) is 0 Å². The maximum Gasteiger partial charge on any atom is 0.263 e. The number of fused-ring (bicyclic) bond motifs is 1. The zero-order valence-electron chi connectivity index (χ0n) is 11.1. The Balaban J connectivity index is 1.71. The quantitative estimate of drug-likeness (QED) is 0.867. The number of nitrogens with two attached hydrogens (primary N) is 1. The van der Waals surface area contributed by atoms with Gasteiger partial charge in [0, 0.05) is 21.1 Å². The number of nitrogens with one attached hydrogen (secondary N) is 1. The second-order valence-electron chi connectivity index (χ2n) is 5.33. The molecule has 1 aliphatic rings. The van der Waals surface area contributed by atoms with Crippen LogP contribution in [0.25, 0.3) is 10.1 Å². The monoisotopic (exact) mass is 352 g/mol. The first-order valence-electron chi connectivity index (χ1n) is 6.91. The molecule has 2 aromatic rings. The lowest BCUT2D eigenvalue weighted by Gasteiger charge is -2.25. The van der Waals surface area contributed by atoms with E-state index in [-0.39, 0.29) is 5.91 Å². The highest BCUT2D eigenvalue weighted by atomic mass is 79.9. The molecule has 106 valence electrons. The second kappa shape index (κ2) is 5.74. The Morgan fingerprint density at radius 3 is 2.95 bits per heavy atom. The summed E-state index contributed by atoms with van der Waals surface area (Å²) in [4.78, 5) is 12.8. The normalized spacial score (nSPS) is 15.2. The number of hydrogen-bond donors (Lipinski definition) is 2. The van der Waals surface area contributed by atoms with E-state index in [1.165, 1.54) is 30.6 Å². The molecule has 20 heavy (non-hydrogen) atoms. The summed E-state index contributed by atoms with van der Waals surface area (Å²) in [7, 11) is 0. The number of halogens is 1. The van der Waals surface area contributed by atoms with Gasteiger partial charge in [0.15, 0.2) is 0 Å². The third-order valence-corrected chi connectivity index (χ3v) is 5.64. The van der Waals surface area contributed by atoms with Gasteiger partial charge in [-0.15, -0.1) is 11.3 Å². The molecule has 0 saturated heterocycles. The fourth-order valence-corrected chi connectivity index (χ4v) is 3.89. The van der Waals surface area contributed by atoms with Crippen molar-refractivity contribution in [2.24, 2.45) is 5.92 Å². The van der Waals surface area contributed by atoms with Gasteiger partial charge in [0.1, 0.15) is 4.88 Å². The lowest BCUT2D eigenvalue weighted by molar-refractivity contribution is 0.0954. The summed E-state index contributed by atoms with van der Waals surface area (Å²) >= 11 is 4.89. The molecule has 0 unspecified atom stereocenters. The first-order chi connectivity index (χ1) is 9.65. The molecule has 5 heteroatoms. The first-order valence-corrected chi connectivity index (χ1v) is 8.52. The van der Waals surface area contributed by atoms with Gasteiger partial charge < -0.3 is 11.1 Å². The highest BCUT2D eigenvalue weighted by Crippen LogP contribution is 2.35. The van der Waals surface area contributed by atoms with Crippen LogP contribution >= 0.6 is 27.3 Å². The van der Waals surface area contributed by atoms with Crippen LogP contribution in [0.3, 0.4) is 0 Å². The Hall–Kier alpha value is -1.07. The standard InChI is InChI=1S/C15H17BrN2OS/c16-10-4-5-12-11(8-10)13(17)14(20-12)15(19)18-7-6-9-2-1-3-9/h4-5,8-9H,1-3,6-7,17H2,(H,18,19). The molecule has 1 heterocycles. The molecular formula is C15H17BrN2OS. The number of benzene rings is 1. The fraction of sp³-hybridized carbons (Fsp3) is 0.400. The van der Waals surface area contributed by atoms with Gasteiger partial charge in [0.05, 0.1) is 5.69 Å². The summed E-state index contributed by atoms with van der Waals surface area (Å²) in [6.07, 6.45) is 5.06. The average molecular weight is 353 g/mol. The van der Waals surface area contributed by atoms with Gasteiger partial charge in [-0.05, 0) is 30.5 Å². The number of hydrogen-bond acceptors (Lipinski definition) is 3. The van der Waals surface area contributed by atoms with E-state index in [0.717, 1.165) is 33.4 Å². The Kier molecular flexibility index (Phi) is 3.98. The van der Waals surface area contributed by atoms with Crippen molar-refractivity contribution in [2.45, 2.75) is 25.7 Å². The summed E-state index contributed by atoms with van der Waals surface area (Å²) in [5, 5.41) is 3.95.